The predicted molar refractivity (Wildman–Crippen MR) is 138 cm³/mol. The van der Waals surface area contributed by atoms with E-state index in [0.717, 1.165) is 68.2 Å². The first-order valence-corrected chi connectivity index (χ1v) is 12.8. The molecule has 3 N–H and O–H groups in total. The van der Waals surface area contributed by atoms with Crippen LogP contribution in [0.25, 0.3) is 10.9 Å². The molecule has 3 aromatic rings. The Morgan fingerprint density at radius 2 is 1.81 bits per heavy atom. The fraction of sp³-hybridized carbons (Fsp3) is 0.464. The van der Waals surface area contributed by atoms with Gasteiger partial charge in [0.15, 0.2) is 0 Å². The molecule has 2 aliphatic rings. The van der Waals surface area contributed by atoms with Gasteiger partial charge >= 0.3 is 6.18 Å². The second-order valence-electron chi connectivity index (χ2n) is 10.3. The van der Waals surface area contributed by atoms with E-state index < -0.39 is 17.8 Å². The van der Waals surface area contributed by atoms with Gasteiger partial charge < -0.3 is 16.0 Å². The van der Waals surface area contributed by atoms with Crippen molar-refractivity contribution in [2.45, 2.75) is 71.0 Å². The number of likely N-dealkylation sites (tertiary alicyclic amines) is 1. The third-order valence-electron chi connectivity index (χ3n) is 7.75. The van der Waals surface area contributed by atoms with E-state index in [9.17, 15) is 18.0 Å². The highest BCUT2D eigenvalue weighted by molar-refractivity contribution is 5.93. The van der Waals surface area contributed by atoms with Gasteiger partial charge in [-0.3, -0.25) is 4.79 Å². The zero-order valence-corrected chi connectivity index (χ0v) is 21.4. The lowest BCUT2D eigenvalue weighted by Crippen LogP contribution is -2.36. The normalized spacial score (nSPS) is 17.2. The van der Waals surface area contributed by atoms with E-state index in [4.69, 9.17) is 10.7 Å². The van der Waals surface area contributed by atoms with Crippen molar-refractivity contribution in [2.24, 2.45) is 0 Å². The van der Waals surface area contributed by atoms with Gasteiger partial charge in [-0.25, -0.2) is 9.97 Å². The number of anilines is 2. The van der Waals surface area contributed by atoms with Crippen LogP contribution in [0.4, 0.5) is 24.7 Å². The first-order valence-electron chi connectivity index (χ1n) is 12.8. The lowest BCUT2D eigenvalue weighted by Gasteiger charge is -2.32. The minimum Gasteiger partial charge on any atom is -0.399 e. The van der Waals surface area contributed by atoms with E-state index in [1.807, 2.05) is 18.7 Å². The number of halogens is 3. The maximum absolute atomic E-state index is 13.4. The average Bonchev–Trinajstić information content (AvgIpc) is 3.33. The molecule has 1 amide bonds. The molecule has 0 spiro atoms. The smallest absolute Gasteiger partial charge is 0.399 e. The summed E-state index contributed by atoms with van der Waals surface area (Å²) >= 11 is 0. The van der Waals surface area contributed by atoms with Crippen molar-refractivity contribution in [1.29, 1.82) is 0 Å². The van der Waals surface area contributed by atoms with E-state index in [1.165, 1.54) is 16.7 Å². The standard InChI is InChI=1S/C28H32F3N5O/c1-15(19-11-20(28(29,30)31)13-21(32)12-19)33-27-25-14-24(18-7-9-36(10-8-18)17(3)37)22-5-4-6-23(22)26(25)34-16(2)35-27/h11-15,18H,4-10,32H2,1-3H3,(H,33,34,35)/t15-/m1/s1. The van der Waals surface area contributed by atoms with Gasteiger partial charge in [-0.05, 0) is 98.4 Å². The number of hydrogen-bond acceptors (Lipinski definition) is 5. The molecule has 6 nitrogen and oxygen atoms in total. The van der Waals surface area contributed by atoms with Crippen molar-refractivity contribution in [3.63, 3.8) is 0 Å². The first-order chi connectivity index (χ1) is 17.5. The van der Waals surface area contributed by atoms with Gasteiger partial charge in [0.25, 0.3) is 0 Å². The van der Waals surface area contributed by atoms with Crippen LogP contribution in [0, 0.1) is 6.92 Å². The number of nitrogens with one attached hydrogen (secondary N) is 1. The van der Waals surface area contributed by atoms with Crippen LogP contribution < -0.4 is 11.1 Å². The van der Waals surface area contributed by atoms with Crippen molar-refractivity contribution in [3.8, 4) is 0 Å². The number of aryl methyl sites for hydroxylation is 2. The third kappa shape index (κ3) is 4.95. The zero-order valence-electron chi connectivity index (χ0n) is 21.4. The third-order valence-corrected chi connectivity index (χ3v) is 7.75. The Kier molecular flexibility index (Phi) is 6.50. The lowest BCUT2D eigenvalue weighted by molar-refractivity contribution is -0.137. The van der Waals surface area contributed by atoms with Gasteiger partial charge in [-0.15, -0.1) is 0 Å². The highest BCUT2D eigenvalue weighted by Gasteiger charge is 2.32. The number of aromatic nitrogens is 2. The van der Waals surface area contributed by atoms with Crippen LogP contribution in [-0.2, 0) is 23.8 Å². The van der Waals surface area contributed by atoms with Crippen molar-refractivity contribution >= 4 is 28.3 Å². The first kappa shape index (κ1) is 25.3. The van der Waals surface area contributed by atoms with Gasteiger partial charge in [0.05, 0.1) is 17.1 Å². The van der Waals surface area contributed by atoms with Gasteiger partial charge in [0.2, 0.25) is 5.91 Å². The summed E-state index contributed by atoms with van der Waals surface area (Å²) in [5.41, 5.74) is 10.4. The van der Waals surface area contributed by atoms with Crippen molar-refractivity contribution < 1.29 is 18.0 Å². The topological polar surface area (TPSA) is 84.1 Å². The minimum atomic E-state index is -4.48. The van der Waals surface area contributed by atoms with Gasteiger partial charge in [0.1, 0.15) is 11.6 Å². The predicted octanol–water partition coefficient (Wildman–Crippen LogP) is 5.93. The number of nitrogens with two attached hydrogens (primary N) is 1. The summed E-state index contributed by atoms with van der Waals surface area (Å²) in [6, 6.07) is 5.37. The maximum atomic E-state index is 13.4. The number of nitrogens with zero attached hydrogens (tertiary/aromatic N) is 3. The molecule has 9 heteroatoms. The number of carbonyl (C=O) groups excluding carboxylic acids is 1. The van der Waals surface area contributed by atoms with Crippen molar-refractivity contribution in [3.05, 3.63) is 57.9 Å². The summed E-state index contributed by atoms with van der Waals surface area (Å²) in [7, 11) is 0. The molecule has 1 aliphatic heterocycles. The van der Waals surface area contributed by atoms with E-state index in [0.29, 0.717) is 23.1 Å². The molecule has 1 fully saturated rings. The summed E-state index contributed by atoms with van der Waals surface area (Å²) in [5, 5.41) is 4.26. The summed E-state index contributed by atoms with van der Waals surface area (Å²) in [5.74, 6) is 1.69. The van der Waals surface area contributed by atoms with Gasteiger partial charge in [0, 0.05) is 31.1 Å². The molecule has 1 aromatic heterocycles. The van der Waals surface area contributed by atoms with Crippen molar-refractivity contribution in [2.75, 3.05) is 24.1 Å². The van der Waals surface area contributed by atoms with E-state index in [1.54, 1.807) is 13.0 Å². The molecular formula is C28H32F3N5O. The number of rotatable bonds is 4. The molecule has 1 aliphatic carbocycles. The second-order valence-corrected chi connectivity index (χ2v) is 10.3. The van der Waals surface area contributed by atoms with E-state index >= 15 is 0 Å². The van der Waals surface area contributed by atoms with Crippen LogP contribution in [0.5, 0.6) is 0 Å². The minimum absolute atomic E-state index is 0.0687. The number of hydrogen-bond donors (Lipinski definition) is 2. The van der Waals surface area contributed by atoms with Crippen LogP contribution in [0.2, 0.25) is 0 Å². The second kappa shape index (κ2) is 9.50. The Hall–Kier alpha value is -3.36. The van der Waals surface area contributed by atoms with Gasteiger partial charge in [-0.2, -0.15) is 13.2 Å². The Morgan fingerprint density at radius 3 is 2.49 bits per heavy atom. The number of amides is 1. The largest absolute Gasteiger partial charge is 0.416 e. The molecule has 37 heavy (non-hydrogen) atoms. The number of benzene rings is 2. The number of alkyl halides is 3. The number of carbonyl (C=O) groups is 1. The summed E-state index contributed by atoms with van der Waals surface area (Å²) in [6.07, 6.45) is 0.371. The number of piperidine rings is 1. The molecule has 0 saturated carbocycles. The quantitative estimate of drug-likeness (QED) is 0.425. The summed E-state index contributed by atoms with van der Waals surface area (Å²) < 4.78 is 40.2. The Balaban J connectivity index is 1.54. The van der Waals surface area contributed by atoms with Crippen LogP contribution in [0.15, 0.2) is 24.3 Å². The molecule has 2 heterocycles. The molecule has 5 rings (SSSR count). The Labute approximate surface area is 214 Å². The number of nitrogen functional groups attached to an aromatic ring is 1. The molecule has 1 saturated heterocycles. The molecular weight excluding hydrogens is 479 g/mol. The summed E-state index contributed by atoms with van der Waals surface area (Å²) in [6.45, 7) is 6.76. The van der Waals surface area contributed by atoms with Crippen LogP contribution >= 0.6 is 0 Å². The lowest BCUT2D eigenvalue weighted by atomic mass is 9.84. The van der Waals surface area contributed by atoms with Gasteiger partial charge in [-0.1, -0.05) is 0 Å². The highest BCUT2D eigenvalue weighted by Crippen LogP contribution is 2.41. The van der Waals surface area contributed by atoms with Crippen LogP contribution in [0.1, 0.15) is 78.7 Å². The fourth-order valence-electron chi connectivity index (χ4n) is 5.87. The average molecular weight is 512 g/mol. The molecule has 196 valence electrons. The maximum Gasteiger partial charge on any atom is 0.416 e. The van der Waals surface area contributed by atoms with Crippen LogP contribution in [-0.4, -0.2) is 33.9 Å². The SMILES string of the molecule is CC(=O)N1CCC(c2cc3c(N[C@H](C)c4cc(N)cc(C(F)(F)F)c4)nc(C)nc3c3c2CCC3)CC1. The monoisotopic (exact) mass is 511 g/mol. The Morgan fingerprint density at radius 1 is 1.11 bits per heavy atom. The van der Waals surface area contributed by atoms with Crippen molar-refractivity contribution in [1.82, 2.24) is 14.9 Å². The molecule has 0 unspecified atom stereocenters. The Bertz CT molecular complexity index is 1360. The molecule has 0 bridgehead atoms. The van der Waals surface area contributed by atoms with E-state index in [-0.39, 0.29) is 11.6 Å². The highest BCUT2D eigenvalue weighted by atomic mass is 19.4. The fourth-order valence-corrected chi connectivity index (χ4v) is 5.87. The molecule has 0 radical (unpaired) electrons. The molecule has 1 atom stereocenters. The van der Waals surface area contributed by atoms with E-state index in [2.05, 4.69) is 16.4 Å². The summed E-state index contributed by atoms with van der Waals surface area (Å²) in [4.78, 5) is 23.2. The molecule has 2 aromatic carbocycles. The van der Waals surface area contributed by atoms with Crippen LogP contribution in [0.3, 0.4) is 0 Å². The number of fused-ring (bicyclic) bond motifs is 3. The zero-order chi connectivity index (χ0) is 26.5.